The van der Waals surface area contributed by atoms with E-state index in [2.05, 4.69) is 0 Å². The molecule has 0 amide bonds. The summed E-state index contributed by atoms with van der Waals surface area (Å²) in [5.74, 6) is -1.34. The smallest absolute Gasteiger partial charge is 0.171 e. The fourth-order valence-electron chi connectivity index (χ4n) is 6.54. The van der Waals surface area contributed by atoms with E-state index in [1.807, 2.05) is 49.4 Å². The summed E-state index contributed by atoms with van der Waals surface area (Å²) in [6.45, 7) is 1.89. The maximum absolute atomic E-state index is 13.9. The molecule has 2 saturated heterocycles. The minimum atomic E-state index is -0.858. The molecule has 7 rings (SSSR count). The van der Waals surface area contributed by atoms with Crippen molar-refractivity contribution < 1.29 is 19.1 Å². The van der Waals surface area contributed by atoms with Gasteiger partial charge in [0.25, 0.3) is 0 Å². The lowest BCUT2D eigenvalue weighted by Gasteiger charge is -2.40. The second kappa shape index (κ2) is 4.65. The summed E-state index contributed by atoms with van der Waals surface area (Å²) in [6.07, 6.45) is 0.761. The number of rotatable bonds is 0. The van der Waals surface area contributed by atoms with Gasteiger partial charge in [-0.15, -0.1) is 0 Å². The lowest BCUT2D eigenvalue weighted by atomic mass is 9.57. The monoisotopic (exact) mass is 382 g/mol. The molecule has 1 saturated carbocycles. The molecule has 29 heavy (non-hydrogen) atoms. The first-order chi connectivity index (χ1) is 14.0. The van der Waals surface area contributed by atoms with Crippen LogP contribution in [0, 0.1) is 17.3 Å². The van der Waals surface area contributed by atoms with E-state index >= 15 is 0 Å². The fraction of sp³-hybridized carbons (Fsp3) is 0.320. The van der Waals surface area contributed by atoms with Crippen LogP contribution in [-0.2, 0) is 9.53 Å². The van der Waals surface area contributed by atoms with Crippen molar-refractivity contribution in [2.45, 2.75) is 31.5 Å². The Bertz CT molecular complexity index is 1330. The Morgan fingerprint density at radius 3 is 2.41 bits per heavy atom. The summed E-state index contributed by atoms with van der Waals surface area (Å²) in [5.41, 5.74) is -0.455. The second-order valence-electron chi connectivity index (χ2n) is 9.19. The molecule has 2 heterocycles. The molecule has 0 N–H and O–H groups in total. The summed E-state index contributed by atoms with van der Waals surface area (Å²) < 4.78 is 6.16. The van der Waals surface area contributed by atoms with E-state index in [-0.39, 0.29) is 17.3 Å². The van der Waals surface area contributed by atoms with E-state index < -0.39 is 29.0 Å². The fourth-order valence-corrected chi connectivity index (χ4v) is 6.54. The molecule has 3 fully saturated rings. The Labute approximate surface area is 166 Å². The largest absolute Gasteiger partial charge is 0.362 e. The van der Waals surface area contributed by atoms with Crippen molar-refractivity contribution in [1.29, 1.82) is 0 Å². The molecule has 0 radical (unpaired) electrons. The topological polar surface area (TPSA) is 60.4 Å². The molecule has 2 bridgehead atoms. The quantitative estimate of drug-likeness (QED) is 0.549. The normalized spacial score (nSPS) is 33.6. The first-order valence-corrected chi connectivity index (χ1v) is 10.2. The molecule has 142 valence electrons. The van der Waals surface area contributed by atoms with Crippen molar-refractivity contribution in [3.05, 3.63) is 59.7 Å². The van der Waals surface area contributed by atoms with E-state index in [1.165, 1.54) is 0 Å². The molecule has 2 aliphatic carbocycles. The number of ether oxygens (including phenoxy) is 1. The van der Waals surface area contributed by atoms with E-state index in [4.69, 9.17) is 4.74 Å². The van der Waals surface area contributed by atoms with Crippen LogP contribution in [-0.4, -0.2) is 29.1 Å². The minimum absolute atomic E-state index is 0.0331. The van der Waals surface area contributed by atoms with Gasteiger partial charge in [-0.3, -0.25) is 14.4 Å². The van der Waals surface area contributed by atoms with Gasteiger partial charge in [-0.25, -0.2) is 0 Å². The molecule has 4 heteroatoms. The van der Waals surface area contributed by atoms with E-state index in [9.17, 15) is 14.4 Å². The first-order valence-electron chi connectivity index (χ1n) is 10.2. The summed E-state index contributed by atoms with van der Waals surface area (Å²) in [7, 11) is 0. The van der Waals surface area contributed by atoms with Gasteiger partial charge in [-0.2, -0.15) is 0 Å². The highest BCUT2D eigenvalue weighted by atomic mass is 16.5. The number of fused-ring (bicyclic) bond motifs is 11. The van der Waals surface area contributed by atoms with Gasteiger partial charge >= 0.3 is 0 Å². The molecule has 3 aromatic carbocycles. The maximum Gasteiger partial charge on any atom is 0.171 e. The van der Waals surface area contributed by atoms with Crippen LogP contribution < -0.4 is 0 Å². The third-order valence-electron chi connectivity index (χ3n) is 8.10. The molecule has 0 aromatic heterocycles. The van der Waals surface area contributed by atoms with E-state index in [0.717, 1.165) is 34.4 Å². The van der Waals surface area contributed by atoms with Crippen LogP contribution >= 0.6 is 0 Å². The lowest BCUT2D eigenvalue weighted by Crippen LogP contribution is -2.55. The molecule has 4 unspecified atom stereocenters. The zero-order valence-corrected chi connectivity index (χ0v) is 15.9. The van der Waals surface area contributed by atoms with Gasteiger partial charge in [-0.05, 0) is 41.3 Å². The van der Waals surface area contributed by atoms with Crippen LogP contribution in [0.2, 0.25) is 0 Å². The predicted octanol–water partition coefficient (Wildman–Crippen LogP) is 4.12. The zero-order chi connectivity index (χ0) is 19.7. The number of carbonyl (C=O) groups is 3. The van der Waals surface area contributed by atoms with Crippen LogP contribution in [0.4, 0.5) is 0 Å². The summed E-state index contributed by atoms with van der Waals surface area (Å²) in [4.78, 5) is 40.3. The number of carbonyl (C=O) groups excluding carboxylic acids is 3. The summed E-state index contributed by atoms with van der Waals surface area (Å²) in [5, 5.41) is 3.97. The zero-order valence-electron chi connectivity index (χ0n) is 15.9. The Balaban J connectivity index is 1.53. The molecule has 4 nitrogen and oxygen atoms in total. The Kier molecular flexibility index (Phi) is 2.57. The highest BCUT2D eigenvalue weighted by molar-refractivity contribution is 6.26. The number of hydrogen-bond acceptors (Lipinski definition) is 4. The number of Topliss-reactive ketones (excluding diaryl/α,β-unsaturated/α-hetero) is 3. The van der Waals surface area contributed by atoms with Crippen LogP contribution in [0.3, 0.4) is 0 Å². The molecular weight excluding hydrogens is 364 g/mol. The summed E-state index contributed by atoms with van der Waals surface area (Å²) in [6, 6.07) is 15.7. The Hall–Kier alpha value is -2.85. The van der Waals surface area contributed by atoms with Crippen molar-refractivity contribution in [2.75, 3.05) is 0 Å². The van der Waals surface area contributed by atoms with Crippen LogP contribution in [0.5, 0.6) is 0 Å². The average molecular weight is 382 g/mol. The number of hydrogen-bond donors (Lipinski definition) is 0. The highest BCUT2D eigenvalue weighted by Crippen LogP contribution is 2.71. The lowest BCUT2D eigenvalue weighted by molar-refractivity contribution is -0.127. The van der Waals surface area contributed by atoms with Gasteiger partial charge in [0.1, 0.15) is 6.10 Å². The number of ketones is 3. The summed E-state index contributed by atoms with van der Waals surface area (Å²) >= 11 is 0. The van der Waals surface area contributed by atoms with E-state index in [0.29, 0.717) is 11.1 Å². The number of benzene rings is 3. The molecule has 3 aromatic rings. The van der Waals surface area contributed by atoms with Crippen LogP contribution in [0.1, 0.15) is 40.5 Å². The van der Waals surface area contributed by atoms with Crippen molar-refractivity contribution in [3.63, 3.8) is 0 Å². The van der Waals surface area contributed by atoms with Gasteiger partial charge in [0, 0.05) is 11.1 Å². The average Bonchev–Trinajstić information content (AvgIpc) is 3.44. The first kappa shape index (κ1) is 16.0. The van der Waals surface area contributed by atoms with Gasteiger partial charge in [0.05, 0.1) is 22.9 Å². The molecule has 4 aliphatic rings. The molecule has 4 atom stereocenters. The van der Waals surface area contributed by atoms with Gasteiger partial charge in [0.15, 0.2) is 17.3 Å². The molecular formula is C25H18O4. The molecule has 1 spiro atoms. The van der Waals surface area contributed by atoms with Gasteiger partial charge in [0.2, 0.25) is 0 Å². The molecule has 2 aliphatic heterocycles. The third-order valence-corrected chi connectivity index (χ3v) is 8.10. The van der Waals surface area contributed by atoms with Crippen LogP contribution in [0.25, 0.3) is 21.5 Å². The third kappa shape index (κ3) is 1.55. The van der Waals surface area contributed by atoms with Crippen molar-refractivity contribution in [1.82, 2.24) is 0 Å². The van der Waals surface area contributed by atoms with Gasteiger partial charge < -0.3 is 4.74 Å². The van der Waals surface area contributed by atoms with Gasteiger partial charge in [-0.1, -0.05) is 48.5 Å². The predicted molar refractivity (Wildman–Crippen MR) is 107 cm³/mol. The SMILES string of the molecule is CC12OC(C(=O)C13CC3)C1C(=O)c3ccc4c(ccc5ccccc54)c3C(=O)C12. The van der Waals surface area contributed by atoms with E-state index in [1.54, 1.807) is 6.07 Å². The Morgan fingerprint density at radius 1 is 0.862 bits per heavy atom. The highest BCUT2D eigenvalue weighted by Gasteiger charge is 2.81. The van der Waals surface area contributed by atoms with Crippen molar-refractivity contribution in [3.8, 4) is 0 Å². The van der Waals surface area contributed by atoms with Crippen molar-refractivity contribution >= 4 is 38.9 Å². The Morgan fingerprint density at radius 2 is 1.62 bits per heavy atom. The van der Waals surface area contributed by atoms with Crippen molar-refractivity contribution in [2.24, 2.45) is 17.3 Å². The van der Waals surface area contributed by atoms with Crippen LogP contribution in [0.15, 0.2) is 48.5 Å². The maximum atomic E-state index is 13.9. The standard InChI is InChI=1S/C25H18O4/c1-24-19-18(22(29-24)23(28)25(24)10-11-25)20(26)16-9-8-14-13-5-3-2-4-12(13)6-7-15(14)17(16)21(19)27/h2-9,18-19,22H,10-11H2,1H3. The minimum Gasteiger partial charge on any atom is -0.362 e. The second-order valence-corrected chi connectivity index (χ2v) is 9.19.